The largest absolute Gasteiger partial charge is 0.375 e. The molecule has 27 heavy (non-hydrogen) atoms. The molecule has 2 aromatic rings. The summed E-state index contributed by atoms with van der Waals surface area (Å²) in [5.74, 6) is 0.0273. The van der Waals surface area contributed by atoms with Crippen molar-refractivity contribution in [1.82, 2.24) is 0 Å². The Morgan fingerprint density at radius 3 is 2.89 bits per heavy atom. The molecule has 4 rings (SSSR count). The summed E-state index contributed by atoms with van der Waals surface area (Å²) in [5, 5.41) is 6.26. The van der Waals surface area contributed by atoms with Gasteiger partial charge in [0.15, 0.2) is 5.82 Å². The number of rotatable bonds is 5. The Morgan fingerprint density at radius 1 is 1.30 bits per heavy atom. The molecule has 1 aliphatic carbocycles. The first-order chi connectivity index (χ1) is 13.1. The van der Waals surface area contributed by atoms with Gasteiger partial charge in [-0.05, 0) is 41.7 Å². The first-order valence-electron chi connectivity index (χ1n) is 9.74. The minimum Gasteiger partial charge on any atom is -0.375 e. The van der Waals surface area contributed by atoms with Crippen molar-refractivity contribution in [2.24, 2.45) is 0 Å². The van der Waals surface area contributed by atoms with Gasteiger partial charge in [0.25, 0.3) is 0 Å². The van der Waals surface area contributed by atoms with E-state index >= 15 is 4.39 Å². The second-order valence-corrected chi connectivity index (χ2v) is 7.51. The Labute approximate surface area is 159 Å². The quantitative estimate of drug-likeness (QED) is 0.659. The Bertz CT molecular complexity index is 919. The monoisotopic (exact) mass is 364 g/mol. The van der Waals surface area contributed by atoms with Crippen LogP contribution in [0.1, 0.15) is 67.3 Å². The van der Waals surface area contributed by atoms with Crippen molar-refractivity contribution in [3.05, 3.63) is 64.5 Å². The smallest absolute Gasteiger partial charge is 0.221 e. The van der Waals surface area contributed by atoms with Crippen LogP contribution in [0, 0.1) is 5.82 Å². The molecule has 0 radical (unpaired) electrons. The normalized spacial score (nSPS) is 19.5. The molecule has 0 saturated heterocycles. The number of anilines is 2. The van der Waals surface area contributed by atoms with Crippen molar-refractivity contribution >= 4 is 23.4 Å². The van der Waals surface area contributed by atoms with Crippen LogP contribution in [-0.2, 0) is 11.2 Å². The Hall–Kier alpha value is -2.62. The maximum Gasteiger partial charge on any atom is 0.221 e. The average molecular weight is 364 g/mol. The number of unbranched alkanes of at least 4 members (excludes halogenated alkanes) is 2. The number of allylic oxidation sites excluding steroid dienone is 1. The van der Waals surface area contributed by atoms with Crippen molar-refractivity contribution in [2.45, 2.75) is 51.5 Å². The number of benzene rings is 2. The second-order valence-electron chi connectivity index (χ2n) is 7.51. The minimum atomic E-state index is -0.147. The molecule has 2 N–H and O–H groups in total. The van der Waals surface area contributed by atoms with Gasteiger partial charge in [-0.2, -0.15) is 0 Å². The van der Waals surface area contributed by atoms with E-state index in [2.05, 4.69) is 29.7 Å². The third-order valence-corrected chi connectivity index (χ3v) is 5.57. The van der Waals surface area contributed by atoms with Gasteiger partial charge in [0.05, 0.1) is 11.7 Å². The van der Waals surface area contributed by atoms with E-state index in [1.165, 1.54) is 18.1 Å². The molecule has 2 aliphatic rings. The Morgan fingerprint density at radius 2 is 2.11 bits per heavy atom. The predicted molar refractivity (Wildman–Crippen MR) is 109 cm³/mol. The van der Waals surface area contributed by atoms with Gasteiger partial charge in [0.2, 0.25) is 5.91 Å². The highest BCUT2D eigenvalue weighted by Crippen LogP contribution is 2.52. The number of fused-ring (bicyclic) bond motifs is 5. The van der Waals surface area contributed by atoms with Gasteiger partial charge in [-0.15, -0.1) is 0 Å². The van der Waals surface area contributed by atoms with E-state index in [-0.39, 0.29) is 23.7 Å². The molecular formula is C23H25FN2O. The van der Waals surface area contributed by atoms with E-state index in [9.17, 15) is 4.79 Å². The molecule has 2 unspecified atom stereocenters. The van der Waals surface area contributed by atoms with Gasteiger partial charge >= 0.3 is 0 Å². The number of carbonyl (C=O) groups is 1. The second kappa shape index (κ2) is 7.18. The maximum atomic E-state index is 15.0. The van der Waals surface area contributed by atoms with Crippen molar-refractivity contribution in [2.75, 3.05) is 10.6 Å². The average Bonchev–Trinajstić information content (AvgIpc) is 3.16. The third kappa shape index (κ3) is 3.25. The van der Waals surface area contributed by atoms with Crippen LogP contribution in [0.5, 0.6) is 0 Å². The third-order valence-electron chi connectivity index (χ3n) is 5.57. The Balaban J connectivity index is 1.58. The zero-order chi connectivity index (χ0) is 19.0. The van der Waals surface area contributed by atoms with Crippen molar-refractivity contribution in [3.8, 4) is 0 Å². The SMILES string of the molecule is CCCC/C=C\c1ccc2c(c1F)NC1c3ccc(NC(C)=O)cc3CC21. The fraction of sp³-hybridized carbons (Fsp3) is 0.348. The van der Waals surface area contributed by atoms with Gasteiger partial charge in [0.1, 0.15) is 0 Å². The van der Waals surface area contributed by atoms with Gasteiger partial charge in [0, 0.05) is 24.1 Å². The van der Waals surface area contributed by atoms with Crippen molar-refractivity contribution in [3.63, 3.8) is 0 Å². The molecule has 3 nitrogen and oxygen atoms in total. The van der Waals surface area contributed by atoms with Gasteiger partial charge in [-0.25, -0.2) is 4.39 Å². The van der Waals surface area contributed by atoms with Crippen LogP contribution in [0.25, 0.3) is 6.08 Å². The summed E-state index contributed by atoms with van der Waals surface area (Å²) in [6, 6.07) is 10.1. The molecule has 0 fully saturated rings. The highest BCUT2D eigenvalue weighted by atomic mass is 19.1. The lowest BCUT2D eigenvalue weighted by Crippen LogP contribution is -2.07. The molecule has 1 aliphatic heterocycles. The molecule has 1 amide bonds. The van der Waals surface area contributed by atoms with Gasteiger partial charge < -0.3 is 10.6 Å². The summed E-state index contributed by atoms with van der Waals surface area (Å²) < 4.78 is 15.0. The zero-order valence-corrected chi connectivity index (χ0v) is 15.8. The molecule has 4 heteroatoms. The van der Waals surface area contributed by atoms with Crippen LogP contribution in [0.15, 0.2) is 36.4 Å². The summed E-state index contributed by atoms with van der Waals surface area (Å²) in [6.45, 7) is 3.67. The molecule has 0 saturated carbocycles. The van der Waals surface area contributed by atoms with Crippen LogP contribution in [-0.4, -0.2) is 5.91 Å². The van der Waals surface area contributed by atoms with Gasteiger partial charge in [-0.1, -0.05) is 50.1 Å². The van der Waals surface area contributed by atoms with E-state index in [0.29, 0.717) is 11.3 Å². The molecule has 0 aromatic heterocycles. The molecule has 0 bridgehead atoms. The molecule has 1 heterocycles. The van der Waals surface area contributed by atoms with Crippen molar-refractivity contribution in [1.29, 1.82) is 0 Å². The summed E-state index contributed by atoms with van der Waals surface area (Å²) in [4.78, 5) is 11.3. The first-order valence-corrected chi connectivity index (χ1v) is 9.74. The van der Waals surface area contributed by atoms with Gasteiger partial charge in [-0.3, -0.25) is 4.79 Å². The number of nitrogens with one attached hydrogen (secondary N) is 2. The van der Waals surface area contributed by atoms with E-state index in [0.717, 1.165) is 36.9 Å². The summed E-state index contributed by atoms with van der Waals surface area (Å²) in [6.07, 6.45) is 8.07. The van der Waals surface area contributed by atoms with Crippen LogP contribution in [0.4, 0.5) is 15.8 Å². The number of hydrogen-bond acceptors (Lipinski definition) is 2. The standard InChI is InChI=1S/C23H25FN2O/c1-3-4-5-6-7-15-8-10-19-20-13-16-12-17(25-14(2)27)9-11-18(16)22(20)26-23(19)21(15)24/h6-12,20,22,26H,3-5,13H2,1-2H3,(H,25,27)/b7-6-. The minimum absolute atomic E-state index is 0.0711. The number of hydrogen-bond donors (Lipinski definition) is 2. The van der Waals surface area contributed by atoms with Crippen LogP contribution >= 0.6 is 0 Å². The highest BCUT2D eigenvalue weighted by molar-refractivity contribution is 5.89. The van der Waals surface area contributed by atoms with Crippen LogP contribution in [0.3, 0.4) is 0 Å². The highest BCUT2D eigenvalue weighted by Gasteiger charge is 2.41. The predicted octanol–water partition coefficient (Wildman–Crippen LogP) is 5.79. The molecular weight excluding hydrogens is 339 g/mol. The summed E-state index contributed by atoms with van der Waals surface area (Å²) in [5.41, 5.74) is 5.60. The van der Waals surface area contributed by atoms with Crippen LogP contribution < -0.4 is 10.6 Å². The van der Waals surface area contributed by atoms with Crippen LogP contribution in [0.2, 0.25) is 0 Å². The fourth-order valence-corrected chi connectivity index (χ4v) is 4.29. The lowest BCUT2D eigenvalue weighted by Gasteiger charge is -2.12. The topological polar surface area (TPSA) is 41.1 Å². The first kappa shape index (κ1) is 17.8. The summed E-state index contributed by atoms with van der Waals surface area (Å²) in [7, 11) is 0. The van der Waals surface area contributed by atoms with E-state index in [1.807, 2.05) is 30.3 Å². The molecule has 0 spiro atoms. The summed E-state index contributed by atoms with van der Waals surface area (Å²) >= 11 is 0. The fourth-order valence-electron chi connectivity index (χ4n) is 4.29. The molecule has 140 valence electrons. The van der Waals surface area contributed by atoms with E-state index < -0.39 is 0 Å². The molecule has 2 aromatic carbocycles. The zero-order valence-electron chi connectivity index (χ0n) is 15.8. The number of halogens is 1. The number of amides is 1. The lowest BCUT2D eigenvalue weighted by molar-refractivity contribution is -0.114. The Kier molecular flexibility index (Phi) is 4.73. The molecule has 2 atom stereocenters. The lowest BCUT2D eigenvalue weighted by atomic mass is 9.95. The number of carbonyl (C=O) groups excluding carboxylic acids is 1. The van der Waals surface area contributed by atoms with E-state index in [4.69, 9.17) is 0 Å². The van der Waals surface area contributed by atoms with Crippen molar-refractivity contribution < 1.29 is 9.18 Å². The van der Waals surface area contributed by atoms with E-state index in [1.54, 1.807) is 0 Å². The maximum absolute atomic E-state index is 15.0.